The second-order valence-corrected chi connectivity index (χ2v) is 4.00. The Balaban J connectivity index is 2.17. The molecule has 0 fully saturated rings. The highest BCUT2D eigenvalue weighted by Gasteiger charge is 2.16. The lowest BCUT2D eigenvalue weighted by Crippen LogP contribution is -1.99. The number of aryl methyl sites for hydroxylation is 1. The third-order valence-electron chi connectivity index (χ3n) is 3.00. The van der Waals surface area contributed by atoms with E-state index in [9.17, 15) is 0 Å². The maximum Gasteiger partial charge on any atom is 0.240 e. The van der Waals surface area contributed by atoms with Crippen LogP contribution in [0.5, 0.6) is 0 Å². The molecule has 0 aliphatic heterocycles. The molecule has 3 rings (SSSR count). The van der Waals surface area contributed by atoms with Crippen LogP contribution in [0.25, 0.3) is 11.3 Å². The molecule has 0 atom stereocenters. The average molecular weight is 212 g/mol. The van der Waals surface area contributed by atoms with Crippen molar-refractivity contribution in [2.45, 2.75) is 19.3 Å². The number of hydrogen-bond donors (Lipinski definition) is 1. The van der Waals surface area contributed by atoms with E-state index in [4.69, 9.17) is 5.73 Å². The zero-order valence-electron chi connectivity index (χ0n) is 8.85. The number of aromatic nitrogens is 3. The normalized spacial score (nSPS) is 13.8. The number of nitrogen functional groups attached to an aromatic ring is 1. The summed E-state index contributed by atoms with van der Waals surface area (Å²) in [6.45, 7) is 0. The summed E-state index contributed by atoms with van der Waals surface area (Å²) in [5.74, 6) is 0.230. The standard InChI is InChI=1S/C12H12N4/c13-12-15-11(7-14-16-12)10-6-2-4-8-3-1-5-9(8)10/h2,4,6-7H,1,3,5H2,(H2,13,15,16). The van der Waals surface area contributed by atoms with Crippen LogP contribution in [0.3, 0.4) is 0 Å². The van der Waals surface area contributed by atoms with Gasteiger partial charge in [-0.15, -0.1) is 5.10 Å². The molecule has 4 heteroatoms. The van der Waals surface area contributed by atoms with Gasteiger partial charge in [-0.1, -0.05) is 18.2 Å². The first-order chi connectivity index (χ1) is 7.84. The summed E-state index contributed by atoms with van der Waals surface area (Å²) in [6.07, 6.45) is 5.18. The molecule has 16 heavy (non-hydrogen) atoms. The van der Waals surface area contributed by atoms with Crippen LogP contribution in [0.4, 0.5) is 5.95 Å². The molecule has 0 saturated carbocycles. The molecular weight excluding hydrogens is 200 g/mol. The van der Waals surface area contributed by atoms with Crippen LogP contribution in [0.15, 0.2) is 24.4 Å². The molecule has 2 N–H and O–H groups in total. The Morgan fingerprint density at radius 1 is 1.19 bits per heavy atom. The van der Waals surface area contributed by atoms with Crippen LogP contribution < -0.4 is 5.73 Å². The Kier molecular flexibility index (Phi) is 2.06. The van der Waals surface area contributed by atoms with Gasteiger partial charge in [-0.25, -0.2) is 4.98 Å². The van der Waals surface area contributed by atoms with Crippen LogP contribution in [-0.2, 0) is 12.8 Å². The van der Waals surface area contributed by atoms with Crippen molar-refractivity contribution in [1.29, 1.82) is 0 Å². The SMILES string of the molecule is Nc1nncc(-c2cccc3c2CCC3)n1. The molecule has 0 bridgehead atoms. The molecule has 0 saturated heterocycles. The molecular formula is C12H12N4. The van der Waals surface area contributed by atoms with Gasteiger partial charge in [0, 0.05) is 5.56 Å². The van der Waals surface area contributed by atoms with Gasteiger partial charge in [0.1, 0.15) is 0 Å². The van der Waals surface area contributed by atoms with Crippen LogP contribution in [0.1, 0.15) is 17.5 Å². The van der Waals surface area contributed by atoms with Crippen molar-refractivity contribution in [2.75, 3.05) is 5.73 Å². The minimum absolute atomic E-state index is 0.230. The summed E-state index contributed by atoms with van der Waals surface area (Å²) in [7, 11) is 0. The largest absolute Gasteiger partial charge is 0.366 e. The molecule has 4 nitrogen and oxygen atoms in total. The lowest BCUT2D eigenvalue weighted by Gasteiger charge is -2.07. The minimum atomic E-state index is 0.230. The lowest BCUT2D eigenvalue weighted by atomic mass is 10.0. The Hall–Kier alpha value is -1.97. The predicted molar refractivity (Wildman–Crippen MR) is 61.7 cm³/mol. The number of benzene rings is 1. The van der Waals surface area contributed by atoms with Gasteiger partial charge in [0.2, 0.25) is 5.95 Å². The zero-order valence-corrected chi connectivity index (χ0v) is 8.85. The Bertz CT molecular complexity index is 536. The highest BCUT2D eigenvalue weighted by molar-refractivity contribution is 5.66. The summed E-state index contributed by atoms with van der Waals surface area (Å²) < 4.78 is 0. The number of nitrogens with zero attached hydrogens (tertiary/aromatic N) is 3. The van der Waals surface area contributed by atoms with E-state index in [1.54, 1.807) is 6.20 Å². The van der Waals surface area contributed by atoms with Crippen molar-refractivity contribution >= 4 is 5.95 Å². The molecule has 1 aromatic carbocycles. The van der Waals surface area contributed by atoms with E-state index < -0.39 is 0 Å². The lowest BCUT2D eigenvalue weighted by molar-refractivity contribution is 0.911. The number of hydrogen-bond acceptors (Lipinski definition) is 4. The van der Waals surface area contributed by atoms with Crippen LogP contribution in [0, 0.1) is 0 Å². The number of anilines is 1. The Labute approximate surface area is 93.5 Å². The van der Waals surface area contributed by atoms with Crippen molar-refractivity contribution in [3.8, 4) is 11.3 Å². The van der Waals surface area contributed by atoms with Crippen molar-refractivity contribution in [2.24, 2.45) is 0 Å². The molecule has 0 amide bonds. The van der Waals surface area contributed by atoms with Crippen LogP contribution in [-0.4, -0.2) is 15.2 Å². The highest BCUT2D eigenvalue weighted by atomic mass is 15.2. The van der Waals surface area contributed by atoms with Crippen LogP contribution >= 0.6 is 0 Å². The smallest absolute Gasteiger partial charge is 0.240 e. The molecule has 1 heterocycles. The molecule has 1 aliphatic carbocycles. The fourth-order valence-corrected chi connectivity index (χ4v) is 2.31. The first-order valence-electron chi connectivity index (χ1n) is 5.41. The van der Waals surface area contributed by atoms with E-state index >= 15 is 0 Å². The monoisotopic (exact) mass is 212 g/mol. The van der Waals surface area contributed by atoms with E-state index in [2.05, 4.69) is 33.4 Å². The van der Waals surface area contributed by atoms with Crippen molar-refractivity contribution in [1.82, 2.24) is 15.2 Å². The van der Waals surface area contributed by atoms with Gasteiger partial charge < -0.3 is 5.73 Å². The second kappa shape index (κ2) is 3.56. The van der Waals surface area contributed by atoms with Gasteiger partial charge in [0.05, 0.1) is 11.9 Å². The van der Waals surface area contributed by atoms with Gasteiger partial charge in [0.25, 0.3) is 0 Å². The molecule has 0 radical (unpaired) electrons. The maximum atomic E-state index is 5.56. The van der Waals surface area contributed by atoms with E-state index in [1.807, 2.05) is 0 Å². The zero-order chi connectivity index (χ0) is 11.0. The van der Waals surface area contributed by atoms with Gasteiger partial charge in [-0.05, 0) is 30.4 Å². The quantitative estimate of drug-likeness (QED) is 0.780. The third-order valence-corrected chi connectivity index (χ3v) is 3.00. The summed E-state index contributed by atoms with van der Waals surface area (Å²) in [5.41, 5.74) is 10.3. The van der Waals surface area contributed by atoms with Crippen molar-refractivity contribution in [3.63, 3.8) is 0 Å². The third kappa shape index (κ3) is 1.43. The number of fused-ring (bicyclic) bond motifs is 1. The van der Waals surface area contributed by atoms with Crippen LogP contribution in [0.2, 0.25) is 0 Å². The first-order valence-corrected chi connectivity index (χ1v) is 5.41. The molecule has 1 aliphatic rings. The molecule has 0 unspecified atom stereocenters. The topological polar surface area (TPSA) is 64.7 Å². The fraction of sp³-hybridized carbons (Fsp3) is 0.250. The number of nitrogens with two attached hydrogens (primary N) is 1. The minimum Gasteiger partial charge on any atom is -0.366 e. The van der Waals surface area contributed by atoms with Crippen molar-refractivity contribution in [3.05, 3.63) is 35.5 Å². The molecule has 80 valence electrons. The molecule has 2 aromatic rings. The summed E-state index contributed by atoms with van der Waals surface area (Å²) in [6, 6.07) is 6.33. The van der Waals surface area contributed by atoms with E-state index in [-0.39, 0.29) is 5.95 Å². The van der Waals surface area contributed by atoms with E-state index in [0.717, 1.165) is 24.1 Å². The Morgan fingerprint density at radius 2 is 2.12 bits per heavy atom. The summed E-state index contributed by atoms with van der Waals surface area (Å²) in [4.78, 5) is 4.23. The van der Waals surface area contributed by atoms with Gasteiger partial charge in [-0.3, -0.25) is 0 Å². The summed E-state index contributed by atoms with van der Waals surface area (Å²) >= 11 is 0. The second-order valence-electron chi connectivity index (χ2n) is 4.00. The summed E-state index contributed by atoms with van der Waals surface area (Å²) in [5, 5.41) is 7.52. The average Bonchev–Trinajstić information content (AvgIpc) is 2.76. The Morgan fingerprint density at radius 3 is 3.00 bits per heavy atom. The van der Waals surface area contributed by atoms with Gasteiger partial charge in [-0.2, -0.15) is 5.10 Å². The maximum absolute atomic E-state index is 5.56. The number of rotatable bonds is 1. The van der Waals surface area contributed by atoms with Crippen molar-refractivity contribution < 1.29 is 0 Å². The van der Waals surface area contributed by atoms with E-state index in [1.165, 1.54) is 17.5 Å². The predicted octanol–water partition coefficient (Wildman–Crippen LogP) is 1.61. The molecule has 0 spiro atoms. The highest BCUT2D eigenvalue weighted by Crippen LogP contribution is 2.30. The van der Waals surface area contributed by atoms with Gasteiger partial charge in [0.15, 0.2) is 0 Å². The van der Waals surface area contributed by atoms with E-state index in [0.29, 0.717) is 0 Å². The molecule has 1 aromatic heterocycles. The first kappa shape index (κ1) is 9.27. The fourth-order valence-electron chi connectivity index (χ4n) is 2.31. The van der Waals surface area contributed by atoms with Gasteiger partial charge >= 0.3 is 0 Å².